The van der Waals surface area contributed by atoms with E-state index >= 15 is 0 Å². The van der Waals surface area contributed by atoms with Crippen LogP contribution in [0.2, 0.25) is 0 Å². The number of aliphatic imine (C=N–C) groups is 1. The molecule has 1 aliphatic rings. The predicted molar refractivity (Wildman–Crippen MR) is 97.8 cm³/mol. The van der Waals surface area contributed by atoms with Crippen LogP contribution in [-0.2, 0) is 9.59 Å². The second-order valence-electron chi connectivity index (χ2n) is 7.12. The molecule has 1 aromatic carbocycles. The maximum absolute atomic E-state index is 12.6. The number of anilines is 1. The van der Waals surface area contributed by atoms with Crippen molar-refractivity contribution in [3.8, 4) is 0 Å². The monoisotopic (exact) mass is 335 g/mol. The highest BCUT2D eigenvalue weighted by atomic mass is 16.2. The summed E-state index contributed by atoms with van der Waals surface area (Å²) in [5.41, 5.74) is 2.28. The Morgan fingerprint density at radius 3 is 2.52 bits per heavy atom. The van der Waals surface area contributed by atoms with Crippen LogP contribution in [0, 0.1) is 5.41 Å². The number of rotatable bonds is 3. The summed E-state index contributed by atoms with van der Waals surface area (Å²) in [6.45, 7) is 5.55. The molecule has 0 spiro atoms. The predicted octanol–water partition coefficient (Wildman–Crippen LogP) is 3.25. The van der Waals surface area contributed by atoms with Gasteiger partial charge >= 0.3 is 0 Å². The Morgan fingerprint density at radius 2 is 1.84 bits per heavy atom. The van der Waals surface area contributed by atoms with Crippen molar-refractivity contribution in [2.24, 2.45) is 10.4 Å². The number of aromatic nitrogens is 1. The maximum atomic E-state index is 12.6. The lowest BCUT2D eigenvalue weighted by atomic mass is 9.87. The number of nitrogens with one attached hydrogen (secondary N) is 1. The van der Waals surface area contributed by atoms with Crippen LogP contribution in [-0.4, -0.2) is 28.4 Å². The Labute approximate surface area is 147 Å². The first-order valence-corrected chi connectivity index (χ1v) is 8.29. The molecule has 1 amide bonds. The van der Waals surface area contributed by atoms with Gasteiger partial charge in [0, 0.05) is 23.6 Å². The molecule has 5 heteroatoms. The quantitative estimate of drug-likeness (QED) is 0.936. The normalized spacial score (nSPS) is 17.2. The fraction of sp³-hybridized carbons (Fsp3) is 0.300. The number of para-hydroxylation sites is 1. The van der Waals surface area contributed by atoms with Gasteiger partial charge in [0.25, 0.3) is 0 Å². The molecular weight excluding hydrogens is 314 g/mol. The highest BCUT2D eigenvalue weighted by molar-refractivity contribution is 6.19. The third-order valence-electron chi connectivity index (χ3n) is 4.15. The van der Waals surface area contributed by atoms with Crippen molar-refractivity contribution in [3.63, 3.8) is 0 Å². The summed E-state index contributed by atoms with van der Waals surface area (Å²) in [5, 5.41) is 2.90. The first-order valence-electron chi connectivity index (χ1n) is 8.29. The Bertz CT molecular complexity index is 836. The molecule has 0 saturated heterocycles. The van der Waals surface area contributed by atoms with Crippen molar-refractivity contribution in [2.75, 3.05) is 5.32 Å². The van der Waals surface area contributed by atoms with Crippen LogP contribution >= 0.6 is 0 Å². The summed E-state index contributed by atoms with van der Waals surface area (Å²) >= 11 is 0. The number of hydrogen-bond donors (Lipinski definition) is 1. The van der Waals surface area contributed by atoms with E-state index < -0.39 is 11.5 Å². The smallest absolute Gasteiger partial charge is 0.249 e. The van der Waals surface area contributed by atoms with Gasteiger partial charge in [0.05, 0.1) is 17.1 Å². The average Bonchev–Trinajstić information content (AvgIpc) is 2.72. The van der Waals surface area contributed by atoms with Crippen molar-refractivity contribution < 1.29 is 9.59 Å². The zero-order chi connectivity index (χ0) is 18.0. The zero-order valence-electron chi connectivity index (χ0n) is 14.6. The summed E-state index contributed by atoms with van der Waals surface area (Å²) in [7, 11) is 0. The number of pyridine rings is 1. The molecule has 2 aromatic rings. The van der Waals surface area contributed by atoms with Gasteiger partial charge in [0.15, 0.2) is 0 Å². The zero-order valence-corrected chi connectivity index (χ0v) is 14.6. The van der Waals surface area contributed by atoms with Crippen LogP contribution in [0.4, 0.5) is 5.69 Å². The molecule has 0 aliphatic carbocycles. The lowest BCUT2D eigenvalue weighted by Crippen LogP contribution is -2.32. The van der Waals surface area contributed by atoms with Gasteiger partial charge in [0.2, 0.25) is 5.91 Å². The van der Waals surface area contributed by atoms with Crippen LogP contribution in [0.25, 0.3) is 0 Å². The summed E-state index contributed by atoms with van der Waals surface area (Å²) in [6.07, 6.45) is 1.76. The van der Waals surface area contributed by atoms with Gasteiger partial charge in [-0.05, 0) is 18.2 Å². The topological polar surface area (TPSA) is 71.4 Å². The standard InChI is InChI=1S/C20H21N3O2/c1-20(2,3)17(24)12-16-19(25)23-14-9-5-4-8-13(14)18(22-16)15-10-6-7-11-21-15/h4-11,16H,12H2,1-3H3,(H,23,25). The Kier molecular flexibility index (Phi) is 4.49. The van der Waals surface area contributed by atoms with Gasteiger partial charge in [-0.15, -0.1) is 0 Å². The van der Waals surface area contributed by atoms with Gasteiger partial charge < -0.3 is 5.32 Å². The number of hydrogen-bond acceptors (Lipinski definition) is 4. The van der Waals surface area contributed by atoms with E-state index in [1.807, 2.05) is 63.2 Å². The summed E-state index contributed by atoms with van der Waals surface area (Å²) in [5.74, 6) is -0.265. The molecule has 1 aromatic heterocycles. The van der Waals surface area contributed by atoms with E-state index in [-0.39, 0.29) is 18.1 Å². The Hall–Kier alpha value is -2.82. The summed E-state index contributed by atoms with van der Waals surface area (Å²) in [6, 6.07) is 12.3. The SMILES string of the molecule is CC(C)(C)C(=O)CC1N=C(c2ccccn2)c2ccccc2NC1=O. The first kappa shape index (κ1) is 17.0. The van der Waals surface area contributed by atoms with E-state index in [1.54, 1.807) is 6.20 Å². The molecule has 2 heterocycles. The molecule has 5 nitrogen and oxygen atoms in total. The second-order valence-corrected chi connectivity index (χ2v) is 7.12. The van der Waals surface area contributed by atoms with Crippen molar-refractivity contribution in [1.82, 2.24) is 4.98 Å². The number of carbonyl (C=O) groups is 2. The Morgan fingerprint density at radius 1 is 1.12 bits per heavy atom. The number of ketones is 1. The van der Waals surface area contributed by atoms with Crippen molar-refractivity contribution in [3.05, 3.63) is 59.9 Å². The summed E-state index contributed by atoms with van der Waals surface area (Å²) < 4.78 is 0. The van der Waals surface area contributed by atoms with Crippen LogP contribution in [0.3, 0.4) is 0 Å². The molecule has 0 saturated carbocycles. The number of benzodiazepines with no additional fused rings is 1. The minimum Gasteiger partial charge on any atom is -0.324 e. The molecule has 128 valence electrons. The lowest BCUT2D eigenvalue weighted by Gasteiger charge is -2.19. The molecule has 3 rings (SSSR count). The first-order chi connectivity index (χ1) is 11.9. The van der Waals surface area contributed by atoms with Crippen molar-refractivity contribution in [1.29, 1.82) is 0 Å². The molecule has 1 N–H and O–H groups in total. The molecule has 25 heavy (non-hydrogen) atoms. The average molecular weight is 335 g/mol. The van der Waals surface area contributed by atoms with Crippen LogP contribution in [0.5, 0.6) is 0 Å². The molecule has 0 radical (unpaired) electrons. The number of Topliss-reactive ketones (excluding diaryl/α,β-unsaturated/α-hetero) is 1. The van der Waals surface area contributed by atoms with Crippen LogP contribution in [0.15, 0.2) is 53.7 Å². The minimum absolute atomic E-state index is 0.00252. The number of fused-ring (bicyclic) bond motifs is 1. The van der Waals surface area contributed by atoms with E-state index in [2.05, 4.69) is 15.3 Å². The van der Waals surface area contributed by atoms with Crippen LogP contribution in [0.1, 0.15) is 38.4 Å². The van der Waals surface area contributed by atoms with Gasteiger partial charge in [-0.1, -0.05) is 45.0 Å². The molecule has 1 unspecified atom stereocenters. The third kappa shape index (κ3) is 3.65. The van der Waals surface area contributed by atoms with Gasteiger partial charge in [0.1, 0.15) is 11.8 Å². The van der Waals surface area contributed by atoms with Gasteiger partial charge in [-0.3, -0.25) is 19.6 Å². The number of carbonyl (C=O) groups excluding carboxylic acids is 2. The fourth-order valence-electron chi connectivity index (χ4n) is 2.63. The maximum Gasteiger partial charge on any atom is 0.249 e. The van der Waals surface area contributed by atoms with E-state index in [0.717, 1.165) is 5.56 Å². The van der Waals surface area contributed by atoms with E-state index in [9.17, 15) is 9.59 Å². The van der Waals surface area contributed by atoms with Gasteiger partial charge in [-0.2, -0.15) is 0 Å². The Balaban J connectivity index is 2.07. The van der Waals surface area contributed by atoms with Crippen molar-refractivity contribution >= 4 is 23.1 Å². The van der Waals surface area contributed by atoms with Crippen LogP contribution < -0.4 is 5.32 Å². The fourth-order valence-corrected chi connectivity index (χ4v) is 2.63. The molecule has 1 atom stereocenters. The van der Waals surface area contributed by atoms with E-state index in [0.29, 0.717) is 17.1 Å². The van der Waals surface area contributed by atoms with Gasteiger partial charge in [-0.25, -0.2) is 0 Å². The highest BCUT2D eigenvalue weighted by Gasteiger charge is 2.31. The molecule has 0 bridgehead atoms. The molecular formula is C20H21N3O2. The summed E-state index contributed by atoms with van der Waals surface area (Å²) in [4.78, 5) is 34.1. The molecule has 0 fully saturated rings. The third-order valence-corrected chi connectivity index (χ3v) is 4.15. The minimum atomic E-state index is -0.767. The largest absolute Gasteiger partial charge is 0.324 e. The number of amides is 1. The highest BCUT2D eigenvalue weighted by Crippen LogP contribution is 2.26. The van der Waals surface area contributed by atoms with E-state index in [4.69, 9.17) is 0 Å². The number of nitrogens with zero attached hydrogens (tertiary/aromatic N) is 2. The number of benzene rings is 1. The molecule has 1 aliphatic heterocycles. The second kappa shape index (κ2) is 6.59. The van der Waals surface area contributed by atoms with Crippen molar-refractivity contribution in [2.45, 2.75) is 33.2 Å². The lowest BCUT2D eigenvalue weighted by molar-refractivity contribution is -0.129. The van der Waals surface area contributed by atoms with E-state index in [1.165, 1.54) is 0 Å².